The van der Waals surface area contributed by atoms with E-state index in [1.807, 2.05) is 13.0 Å². The van der Waals surface area contributed by atoms with Gasteiger partial charge in [0.1, 0.15) is 0 Å². The Hall–Kier alpha value is -1.92. The van der Waals surface area contributed by atoms with Crippen LogP contribution in [0.15, 0.2) is 24.3 Å². The fourth-order valence-corrected chi connectivity index (χ4v) is 0.521. The molecular formula is C13H12O2. The van der Waals surface area contributed by atoms with Gasteiger partial charge in [0, 0.05) is 0 Å². The topological polar surface area (TPSA) is 40.5 Å². The van der Waals surface area contributed by atoms with E-state index in [0.29, 0.717) is 0 Å². The van der Waals surface area contributed by atoms with Crippen molar-refractivity contribution in [3.05, 3.63) is 24.3 Å². The summed E-state index contributed by atoms with van der Waals surface area (Å²) in [6.07, 6.45) is 5.48. The zero-order chi connectivity index (χ0) is 11.4. The molecule has 15 heavy (non-hydrogen) atoms. The van der Waals surface area contributed by atoms with Crippen molar-refractivity contribution in [2.45, 2.75) is 13.0 Å². The van der Waals surface area contributed by atoms with E-state index >= 15 is 0 Å². The van der Waals surface area contributed by atoms with Gasteiger partial charge in [-0.25, -0.2) is 0 Å². The molecule has 0 aliphatic heterocycles. The van der Waals surface area contributed by atoms with E-state index < -0.39 is 6.10 Å². The molecule has 0 radical (unpaired) electrons. The molecule has 1 unspecified atom stereocenters. The predicted octanol–water partition coefficient (Wildman–Crippen LogP) is 0.482. The highest BCUT2D eigenvalue weighted by atomic mass is 16.3. The van der Waals surface area contributed by atoms with Crippen LogP contribution in [-0.4, -0.2) is 22.9 Å². The molecule has 0 saturated heterocycles. The van der Waals surface area contributed by atoms with Gasteiger partial charge in [-0.3, -0.25) is 0 Å². The summed E-state index contributed by atoms with van der Waals surface area (Å²) in [5.41, 5.74) is 0. The first-order chi connectivity index (χ1) is 7.31. The first-order valence-electron chi connectivity index (χ1n) is 4.39. The van der Waals surface area contributed by atoms with Gasteiger partial charge < -0.3 is 10.2 Å². The molecule has 2 nitrogen and oxygen atoms in total. The van der Waals surface area contributed by atoms with Crippen molar-refractivity contribution in [1.29, 1.82) is 0 Å². The van der Waals surface area contributed by atoms with Gasteiger partial charge in [0.25, 0.3) is 0 Å². The molecule has 0 rings (SSSR count). The Morgan fingerprint density at radius 1 is 1.07 bits per heavy atom. The quantitative estimate of drug-likeness (QED) is 0.637. The molecule has 0 aliphatic rings. The highest BCUT2D eigenvalue weighted by Crippen LogP contribution is 1.81. The monoisotopic (exact) mass is 200 g/mol. The molecule has 0 saturated carbocycles. The lowest BCUT2D eigenvalue weighted by Gasteiger charge is -1.94. The minimum atomic E-state index is -0.859. The van der Waals surface area contributed by atoms with E-state index in [1.54, 1.807) is 6.08 Å². The summed E-state index contributed by atoms with van der Waals surface area (Å²) in [5, 5.41) is 17.3. The SMILES string of the molecule is CC=CC#CC#CC#CC=CC(O)CO. The average molecular weight is 200 g/mol. The summed E-state index contributed by atoms with van der Waals surface area (Å²) in [5.74, 6) is 15.4. The molecule has 0 amide bonds. The van der Waals surface area contributed by atoms with Gasteiger partial charge in [0.15, 0.2) is 0 Å². The van der Waals surface area contributed by atoms with E-state index in [9.17, 15) is 0 Å². The zero-order valence-corrected chi connectivity index (χ0v) is 8.49. The Morgan fingerprint density at radius 2 is 1.67 bits per heavy atom. The van der Waals surface area contributed by atoms with Crippen LogP contribution in [0.1, 0.15) is 6.92 Å². The zero-order valence-electron chi connectivity index (χ0n) is 8.49. The summed E-state index contributed by atoms with van der Waals surface area (Å²) in [7, 11) is 0. The van der Waals surface area contributed by atoms with Gasteiger partial charge in [-0.1, -0.05) is 17.9 Å². The van der Waals surface area contributed by atoms with Crippen LogP contribution in [0.2, 0.25) is 0 Å². The van der Waals surface area contributed by atoms with Crippen molar-refractivity contribution < 1.29 is 10.2 Å². The van der Waals surface area contributed by atoms with Crippen LogP contribution in [0.3, 0.4) is 0 Å². The first kappa shape index (κ1) is 13.1. The molecule has 0 aromatic carbocycles. The molecule has 0 spiro atoms. The van der Waals surface area contributed by atoms with Crippen LogP contribution in [0.5, 0.6) is 0 Å². The molecule has 1 atom stereocenters. The lowest BCUT2D eigenvalue weighted by molar-refractivity contribution is 0.131. The number of allylic oxidation sites excluding steroid dienone is 3. The number of rotatable bonds is 2. The molecule has 0 aliphatic carbocycles. The normalized spacial score (nSPS) is 10.9. The van der Waals surface area contributed by atoms with E-state index in [1.165, 1.54) is 12.2 Å². The standard InChI is InChI=1S/C13H12O2/c1-2-3-4-5-6-7-8-9-10-11-13(15)12-14/h2-3,10-11,13-15H,12H2,1H3. The second-order valence-electron chi connectivity index (χ2n) is 2.40. The summed E-state index contributed by atoms with van der Waals surface area (Å²) < 4.78 is 0. The highest BCUT2D eigenvalue weighted by Gasteiger charge is 1.90. The molecule has 0 fully saturated rings. The van der Waals surface area contributed by atoms with E-state index in [-0.39, 0.29) is 6.61 Å². The van der Waals surface area contributed by atoms with Gasteiger partial charge >= 0.3 is 0 Å². The molecule has 76 valence electrons. The average Bonchev–Trinajstić information content (AvgIpc) is 2.26. The smallest absolute Gasteiger partial charge is 0.0960 e. The van der Waals surface area contributed by atoms with Crippen LogP contribution in [0.25, 0.3) is 0 Å². The lowest BCUT2D eigenvalue weighted by atomic mass is 10.3. The molecule has 2 heteroatoms. The Balaban J connectivity index is 4.01. The van der Waals surface area contributed by atoms with Crippen LogP contribution in [0, 0.1) is 35.5 Å². The van der Waals surface area contributed by atoms with Gasteiger partial charge in [-0.15, -0.1) is 0 Å². The van der Waals surface area contributed by atoms with Crippen LogP contribution in [0.4, 0.5) is 0 Å². The molecule has 0 heterocycles. The highest BCUT2D eigenvalue weighted by molar-refractivity contribution is 5.39. The number of aliphatic hydroxyl groups excluding tert-OH is 2. The Kier molecular flexibility index (Phi) is 8.86. The summed E-state index contributed by atoms with van der Waals surface area (Å²) in [6.45, 7) is 1.57. The largest absolute Gasteiger partial charge is 0.393 e. The minimum absolute atomic E-state index is 0.307. The predicted molar refractivity (Wildman–Crippen MR) is 60.4 cm³/mol. The van der Waals surface area contributed by atoms with Crippen molar-refractivity contribution in [3.63, 3.8) is 0 Å². The molecule has 0 bridgehead atoms. The van der Waals surface area contributed by atoms with Crippen LogP contribution >= 0.6 is 0 Å². The minimum Gasteiger partial charge on any atom is -0.393 e. The Bertz CT molecular complexity index is 397. The first-order valence-corrected chi connectivity index (χ1v) is 4.39. The lowest BCUT2D eigenvalue weighted by Crippen LogP contribution is -2.06. The second-order valence-corrected chi connectivity index (χ2v) is 2.40. The van der Waals surface area contributed by atoms with E-state index in [2.05, 4.69) is 35.5 Å². The van der Waals surface area contributed by atoms with Gasteiger partial charge in [-0.05, 0) is 48.8 Å². The van der Waals surface area contributed by atoms with Crippen molar-refractivity contribution in [2.75, 3.05) is 6.61 Å². The fourth-order valence-electron chi connectivity index (χ4n) is 0.521. The number of hydrogen-bond donors (Lipinski definition) is 2. The van der Waals surface area contributed by atoms with Crippen molar-refractivity contribution in [2.24, 2.45) is 0 Å². The van der Waals surface area contributed by atoms with Crippen molar-refractivity contribution >= 4 is 0 Å². The maximum Gasteiger partial charge on any atom is 0.0960 e. The van der Waals surface area contributed by atoms with Crippen molar-refractivity contribution in [1.82, 2.24) is 0 Å². The van der Waals surface area contributed by atoms with Gasteiger partial charge in [-0.2, -0.15) is 0 Å². The maximum absolute atomic E-state index is 8.89. The molecular weight excluding hydrogens is 188 g/mol. The number of hydrogen-bond acceptors (Lipinski definition) is 2. The summed E-state index contributed by atoms with van der Waals surface area (Å²) in [4.78, 5) is 0. The Labute approximate surface area is 90.3 Å². The third-order valence-electron chi connectivity index (χ3n) is 1.17. The number of aliphatic hydroxyl groups is 2. The maximum atomic E-state index is 8.89. The third-order valence-corrected chi connectivity index (χ3v) is 1.17. The second kappa shape index (κ2) is 10.2. The summed E-state index contributed by atoms with van der Waals surface area (Å²) in [6, 6.07) is 0. The molecule has 0 aromatic heterocycles. The van der Waals surface area contributed by atoms with Gasteiger partial charge in [0.2, 0.25) is 0 Å². The Morgan fingerprint density at radius 3 is 2.20 bits per heavy atom. The molecule has 2 N–H and O–H groups in total. The van der Waals surface area contributed by atoms with Crippen LogP contribution < -0.4 is 0 Å². The third kappa shape index (κ3) is 10.00. The van der Waals surface area contributed by atoms with E-state index in [4.69, 9.17) is 10.2 Å². The fraction of sp³-hybridized carbons (Fsp3) is 0.231. The molecule has 0 aromatic rings. The summed E-state index contributed by atoms with van der Waals surface area (Å²) >= 11 is 0. The van der Waals surface area contributed by atoms with Gasteiger partial charge in [0.05, 0.1) is 12.7 Å². The van der Waals surface area contributed by atoms with E-state index in [0.717, 1.165) is 0 Å². The van der Waals surface area contributed by atoms with Crippen molar-refractivity contribution in [3.8, 4) is 35.5 Å². The van der Waals surface area contributed by atoms with Crippen LogP contribution in [-0.2, 0) is 0 Å².